The Labute approximate surface area is 151 Å². The first-order valence-corrected chi connectivity index (χ1v) is 10.3. The van der Waals surface area contributed by atoms with Crippen LogP contribution in [-0.2, 0) is 10.0 Å². The molecule has 4 heterocycles. The van der Waals surface area contributed by atoms with E-state index < -0.39 is 10.0 Å². The second-order valence-electron chi connectivity index (χ2n) is 6.75. The van der Waals surface area contributed by atoms with Crippen LogP contribution in [0.5, 0.6) is 0 Å². The minimum atomic E-state index is -4.01. The lowest BCUT2D eigenvalue weighted by molar-refractivity contribution is 0.208. The second-order valence-corrected chi connectivity index (χ2v) is 8.23. The highest BCUT2D eigenvalue weighted by Crippen LogP contribution is 2.34. The van der Waals surface area contributed by atoms with Gasteiger partial charge in [0.05, 0.1) is 11.3 Å². The molecule has 0 unspecified atom stereocenters. The average molecular weight is 378 g/mol. The number of sulfonamides is 1. The van der Waals surface area contributed by atoms with E-state index in [9.17, 15) is 8.42 Å². The maximum absolute atomic E-state index is 12.0. The number of rotatable bonds is 4. The summed E-state index contributed by atoms with van der Waals surface area (Å²) in [4.78, 5) is 8.70. The molecule has 2 saturated heterocycles. The highest BCUT2D eigenvalue weighted by atomic mass is 32.2. The molecular formula is C15H22N8O2S. The Balaban J connectivity index is 1.65. The minimum Gasteiger partial charge on any atom is -0.371 e. The van der Waals surface area contributed by atoms with Gasteiger partial charge in [-0.3, -0.25) is 0 Å². The Morgan fingerprint density at radius 2 is 1.88 bits per heavy atom. The molecule has 11 heteroatoms. The Kier molecular flexibility index (Phi) is 4.59. The lowest BCUT2D eigenvalue weighted by Gasteiger charge is -2.38. The molecule has 10 nitrogen and oxygen atoms in total. The van der Waals surface area contributed by atoms with Gasteiger partial charge < -0.3 is 9.80 Å². The predicted octanol–water partition coefficient (Wildman–Crippen LogP) is -0.0263. The summed E-state index contributed by atoms with van der Waals surface area (Å²) in [6.45, 7) is 4.04. The van der Waals surface area contributed by atoms with E-state index in [1.54, 1.807) is 6.07 Å². The van der Waals surface area contributed by atoms with Crippen LogP contribution in [0.15, 0.2) is 17.3 Å². The standard InChI is InChI=1S/C15H22N8O2S/c16-26(24,25)15-13(14-18-20-21-19-14)12(3-6-17-15)23-9-4-11(5-10-23)22-7-1-2-8-22/h3,6,11H,1-2,4-5,7-10H2,(H2,16,24,25)(H,18,19,20,21). The molecule has 2 aromatic rings. The summed E-state index contributed by atoms with van der Waals surface area (Å²) in [6, 6.07) is 2.39. The van der Waals surface area contributed by atoms with Gasteiger partial charge in [0, 0.05) is 25.3 Å². The molecule has 0 bridgehead atoms. The van der Waals surface area contributed by atoms with Gasteiger partial charge in [0.25, 0.3) is 10.0 Å². The summed E-state index contributed by atoms with van der Waals surface area (Å²) < 4.78 is 24.0. The van der Waals surface area contributed by atoms with E-state index >= 15 is 0 Å². The first-order valence-electron chi connectivity index (χ1n) is 8.78. The molecule has 0 atom stereocenters. The maximum Gasteiger partial charge on any atom is 0.256 e. The molecule has 0 amide bonds. The third kappa shape index (κ3) is 3.29. The van der Waals surface area contributed by atoms with Crippen LogP contribution in [0.25, 0.3) is 11.4 Å². The number of likely N-dealkylation sites (tertiary alicyclic amines) is 1. The number of primary sulfonamides is 1. The van der Waals surface area contributed by atoms with Crippen molar-refractivity contribution >= 4 is 15.7 Å². The molecule has 3 N–H and O–H groups in total. The Morgan fingerprint density at radius 1 is 1.15 bits per heavy atom. The Hall–Kier alpha value is -2.11. The normalized spacial score (nSPS) is 20.0. The van der Waals surface area contributed by atoms with Crippen molar-refractivity contribution in [1.29, 1.82) is 0 Å². The number of hydrogen-bond donors (Lipinski definition) is 2. The summed E-state index contributed by atoms with van der Waals surface area (Å²) in [7, 11) is -4.01. The number of nitrogens with zero attached hydrogens (tertiary/aromatic N) is 6. The van der Waals surface area contributed by atoms with Gasteiger partial charge in [0.1, 0.15) is 0 Å². The SMILES string of the molecule is NS(=O)(=O)c1nccc(N2CCC(N3CCCC3)CC2)c1-c1nn[nH]n1. The van der Waals surface area contributed by atoms with Gasteiger partial charge >= 0.3 is 0 Å². The van der Waals surface area contributed by atoms with Crippen molar-refractivity contribution in [2.45, 2.75) is 36.8 Å². The first kappa shape index (κ1) is 17.3. The molecule has 4 rings (SSSR count). The Morgan fingerprint density at radius 3 is 2.50 bits per heavy atom. The van der Waals surface area contributed by atoms with Crippen molar-refractivity contribution < 1.29 is 8.42 Å². The Bertz CT molecular complexity index is 856. The van der Waals surface area contributed by atoms with Crippen molar-refractivity contribution in [3.8, 4) is 11.4 Å². The van der Waals surface area contributed by atoms with E-state index in [0.717, 1.165) is 31.6 Å². The number of tetrazole rings is 1. The zero-order chi connectivity index (χ0) is 18.1. The second kappa shape index (κ2) is 6.89. The minimum absolute atomic E-state index is 0.179. The van der Waals surface area contributed by atoms with Gasteiger partial charge in [-0.25, -0.2) is 18.5 Å². The molecule has 140 valence electrons. The van der Waals surface area contributed by atoms with Crippen molar-refractivity contribution in [3.05, 3.63) is 12.3 Å². The van der Waals surface area contributed by atoms with Crippen LogP contribution in [0.3, 0.4) is 0 Å². The average Bonchev–Trinajstić information content (AvgIpc) is 3.34. The molecular weight excluding hydrogens is 356 g/mol. The first-order chi connectivity index (χ1) is 12.5. The quantitative estimate of drug-likeness (QED) is 0.758. The fourth-order valence-corrected chi connectivity index (χ4v) is 4.66. The maximum atomic E-state index is 12.0. The molecule has 2 aliphatic heterocycles. The van der Waals surface area contributed by atoms with Crippen molar-refractivity contribution in [3.63, 3.8) is 0 Å². The van der Waals surface area contributed by atoms with Crippen LogP contribution < -0.4 is 10.0 Å². The van der Waals surface area contributed by atoms with Crippen molar-refractivity contribution in [2.24, 2.45) is 5.14 Å². The van der Waals surface area contributed by atoms with E-state index in [1.807, 2.05) is 0 Å². The molecule has 0 radical (unpaired) electrons. The predicted molar refractivity (Wildman–Crippen MR) is 94.8 cm³/mol. The molecule has 2 aliphatic rings. The number of nitrogens with two attached hydrogens (primary N) is 1. The van der Waals surface area contributed by atoms with E-state index in [0.29, 0.717) is 11.6 Å². The number of piperidine rings is 1. The summed E-state index contributed by atoms with van der Waals surface area (Å²) in [5.74, 6) is 0.179. The zero-order valence-electron chi connectivity index (χ0n) is 14.4. The number of anilines is 1. The summed E-state index contributed by atoms with van der Waals surface area (Å²) >= 11 is 0. The lowest BCUT2D eigenvalue weighted by Crippen LogP contribution is -2.44. The fourth-order valence-electron chi connectivity index (χ4n) is 3.97. The van der Waals surface area contributed by atoms with Crippen LogP contribution in [0.4, 0.5) is 5.69 Å². The number of pyridine rings is 1. The zero-order valence-corrected chi connectivity index (χ0v) is 15.2. The molecule has 2 fully saturated rings. The van der Waals surface area contributed by atoms with E-state index in [-0.39, 0.29) is 10.9 Å². The number of aromatic amines is 1. The highest BCUT2D eigenvalue weighted by Gasteiger charge is 2.30. The van der Waals surface area contributed by atoms with Crippen LogP contribution >= 0.6 is 0 Å². The number of nitrogens with one attached hydrogen (secondary N) is 1. The molecule has 26 heavy (non-hydrogen) atoms. The monoisotopic (exact) mass is 378 g/mol. The largest absolute Gasteiger partial charge is 0.371 e. The van der Waals surface area contributed by atoms with Gasteiger partial charge in [-0.2, -0.15) is 5.21 Å². The van der Waals surface area contributed by atoms with E-state index in [1.165, 1.54) is 32.1 Å². The molecule has 0 aromatic carbocycles. The topological polar surface area (TPSA) is 134 Å². The van der Waals surface area contributed by atoms with Gasteiger partial charge in [0.2, 0.25) is 5.82 Å². The van der Waals surface area contributed by atoms with Gasteiger partial charge in [-0.15, -0.1) is 10.2 Å². The lowest BCUT2D eigenvalue weighted by atomic mass is 10.0. The van der Waals surface area contributed by atoms with Gasteiger partial charge in [-0.1, -0.05) is 0 Å². The number of hydrogen-bond acceptors (Lipinski definition) is 8. The molecule has 2 aromatic heterocycles. The van der Waals surface area contributed by atoms with Crippen LogP contribution in [-0.4, -0.2) is 71.1 Å². The molecule has 0 spiro atoms. The summed E-state index contributed by atoms with van der Waals surface area (Å²) in [5.41, 5.74) is 1.04. The van der Waals surface area contributed by atoms with Crippen molar-refractivity contribution in [1.82, 2.24) is 30.5 Å². The third-order valence-corrected chi connectivity index (χ3v) is 6.04. The van der Waals surface area contributed by atoms with Crippen LogP contribution in [0.1, 0.15) is 25.7 Å². The highest BCUT2D eigenvalue weighted by molar-refractivity contribution is 7.89. The van der Waals surface area contributed by atoms with E-state index in [4.69, 9.17) is 5.14 Å². The van der Waals surface area contributed by atoms with Gasteiger partial charge in [0.15, 0.2) is 5.03 Å². The summed E-state index contributed by atoms with van der Waals surface area (Å²) in [5, 5.41) is 19.0. The van der Waals surface area contributed by atoms with Crippen LogP contribution in [0.2, 0.25) is 0 Å². The van der Waals surface area contributed by atoms with Gasteiger partial charge in [-0.05, 0) is 50.1 Å². The number of H-pyrrole nitrogens is 1. The number of aromatic nitrogens is 5. The fraction of sp³-hybridized carbons (Fsp3) is 0.600. The van der Waals surface area contributed by atoms with Crippen LogP contribution in [0, 0.1) is 0 Å². The van der Waals surface area contributed by atoms with Crippen molar-refractivity contribution in [2.75, 3.05) is 31.1 Å². The summed E-state index contributed by atoms with van der Waals surface area (Å²) in [6.07, 6.45) is 6.11. The molecule has 0 saturated carbocycles. The smallest absolute Gasteiger partial charge is 0.256 e. The van der Waals surface area contributed by atoms with E-state index in [2.05, 4.69) is 35.4 Å². The molecule has 0 aliphatic carbocycles. The third-order valence-electron chi connectivity index (χ3n) is 5.19.